The van der Waals surface area contributed by atoms with E-state index >= 15 is 0 Å². The zero-order chi connectivity index (χ0) is 30.6. The standard InChI is InChI=1S/C34H37ClN4O3S/c1-19-17-25-31(28(20-7-10-23(35)11-8-20)27(19)30(33(40)41)42-34(2,3)4)43-32(36-25)22-9-12-24-26(18-22)39(6)37-29(24)21-13-15-38(5)16-14-21/h7-12,17-18,21,30H,13-16H2,1-6H3,(H,40,41). The summed E-state index contributed by atoms with van der Waals surface area (Å²) in [5.74, 6) is -0.562. The van der Waals surface area contributed by atoms with Crippen LogP contribution in [0.2, 0.25) is 5.02 Å². The number of aryl methyl sites for hydroxylation is 2. The number of aliphatic carboxylic acids is 1. The molecule has 3 heterocycles. The number of aromatic nitrogens is 3. The van der Waals surface area contributed by atoms with Gasteiger partial charge in [0.25, 0.3) is 0 Å². The van der Waals surface area contributed by atoms with Gasteiger partial charge in [-0.1, -0.05) is 35.9 Å². The van der Waals surface area contributed by atoms with Crippen LogP contribution in [0.15, 0.2) is 48.5 Å². The Hall–Kier alpha value is -3.30. The first-order valence-corrected chi connectivity index (χ1v) is 15.8. The molecule has 224 valence electrons. The van der Waals surface area contributed by atoms with Crippen molar-refractivity contribution in [1.29, 1.82) is 0 Å². The third kappa shape index (κ3) is 5.81. The first kappa shape index (κ1) is 29.8. The molecule has 3 aromatic carbocycles. The third-order valence-electron chi connectivity index (χ3n) is 8.25. The monoisotopic (exact) mass is 616 g/mol. The molecule has 5 aromatic rings. The number of benzene rings is 3. The molecule has 2 aromatic heterocycles. The first-order chi connectivity index (χ1) is 20.4. The Morgan fingerprint density at radius 2 is 1.74 bits per heavy atom. The molecule has 1 saturated heterocycles. The molecule has 1 aliphatic heterocycles. The Bertz CT molecular complexity index is 1830. The minimum absolute atomic E-state index is 0.467. The quantitative estimate of drug-likeness (QED) is 0.207. The summed E-state index contributed by atoms with van der Waals surface area (Å²) in [7, 11) is 4.19. The molecule has 6 rings (SSSR count). The zero-order valence-electron chi connectivity index (χ0n) is 25.4. The molecule has 0 bridgehead atoms. The van der Waals surface area contributed by atoms with Gasteiger partial charge >= 0.3 is 5.97 Å². The van der Waals surface area contributed by atoms with Crippen LogP contribution in [0.3, 0.4) is 0 Å². The number of likely N-dealkylation sites (tertiary alicyclic amines) is 1. The minimum Gasteiger partial charge on any atom is -0.479 e. The van der Waals surface area contributed by atoms with Crippen LogP contribution in [0.1, 0.15) is 62.5 Å². The lowest BCUT2D eigenvalue weighted by Gasteiger charge is -2.28. The Morgan fingerprint density at radius 3 is 2.40 bits per heavy atom. The normalized spacial score (nSPS) is 15.9. The highest BCUT2D eigenvalue weighted by atomic mass is 35.5. The molecule has 0 aliphatic carbocycles. The van der Waals surface area contributed by atoms with Gasteiger partial charge in [-0.3, -0.25) is 4.68 Å². The van der Waals surface area contributed by atoms with Crippen LogP contribution in [-0.2, 0) is 16.6 Å². The number of ether oxygens (including phenoxy) is 1. The topological polar surface area (TPSA) is 80.5 Å². The fourth-order valence-electron chi connectivity index (χ4n) is 6.16. The smallest absolute Gasteiger partial charge is 0.337 e. The van der Waals surface area contributed by atoms with Gasteiger partial charge in [0.05, 0.1) is 27.0 Å². The average Bonchev–Trinajstić information content (AvgIpc) is 3.52. The number of piperidine rings is 1. The Balaban J connectivity index is 1.51. The third-order valence-corrected chi connectivity index (χ3v) is 9.64. The summed E-state index contributed by atoms with van der Waals surface area (Å²) in [4.78, 5) is 20.1. The highest BCUT2D eigenvalue weighted by Crippen LogP contribution is 2.45. The average molecular weight is 617 g/mol. The number of nitrogens with zero attached hydrogens (tertiary/aromatic N) is 4. The maximum Gasteiger partial charge on any atom is 0.337 e. The van der Waals surface area contributed by atoms with Gasteiger partial charge in [-0.15, -0.1) is 11.3 Å². The van der Waals surface area contributed by atoms with E-state index in [4.69, 9.17) is 26.4 Å². The SMILES string of the molecule is Cc1cc2nc(-c3ccc4c(C5CCN(C)CC5)nn(C)c4c3)sc2c(-c2ccc(Cl)cc2)c1C(OC(C)(C)C)C(=O)O. The van der Waals surface area contributed by atoms with Crippen LogP contribution >= 0.6 is 22.9 Å². The molecule has 0 saturated carbocycles. The highest BCUT2D eigenvalue weighted by molar-refractivity contribution is 7.22. The number of carboxylic acids is 1. The maximum absolute atomic E-state index is 12.7. The van der Waals surface area contributed by atoms with E-state index in [1.807, 2.05) is 69.8 Å². The summed E-state index contributed by atoms with van der Waals surface area (Å²) in [6.45, 7) is 9.73. The molecule has 0 spiro atoms. The van der Waals surface area contributed by atoms with Gasteiger partial charge in [-0.25, -0.2) is 9.78 Å². The van der Waals surface area contributed by atoms with Crippen LogP contribution in [-0.4, -0.2) is 56.5 Å². The predicted molar refractivity (Wildman–Crippen MR) is 175 cm³/mol. The number of hydrogen-bond donors (Lipinski definition) is 1. The lowest BCUT2D eigenvalue weighted by molar-refractivity contribution is -0.160. The summed E-state index contributed by atoms with van der Waals surface area (Å²) >= 11 is 7.82. The number of thiazole rings is 1. The summed E-state index contributed by atoms with van der Waals surface area (Å²) in [6, 6.07) is 16.0. The number of fused-ring (bicyclic) bond motifs is 2. The van der Waals surface area contributed by atoms with Crippen molar-refractivity contribution in [1.82, 2.24) is 19.7 Å². The van der Waals surface area contributed by atoms with Crippen LogP contribution < -0.4 is 0 Å². The Morgan fingerprint density at radius 1 is 1.07 bits per heavy atom. The summed E-state index contributed by atoms with van der Waals surface area (Å²) < 4.78 is 9.06. The van der Waals surface area contributed by atoms with Crippen molar-refractivity contribution in [3.63, 3.8) is 0 Å². The van der Waals surface area contributed by atoms with Gasteiger partial charge in [0, 0.05) is 40.1 Å². The highest BCUT2D eigenvalue weighted by Gasteiger charge is 2.32. The van der Waals surface area contributed by atoms with E-state index in [2.05, 4.69) is 30.1 Å². The van der Waals surface area contributed by atoms with Crippen LogP contribution in [0.4, 0.5) is 0 Å². The van der Waals surface area contributed by atoms with E-state index in [1.165, 1.54) is 11.1 Å². The largest absolute Gasteiger partial charge is 0.479 e. The van der Waals surface area contributed by atoms with Crippen molar-refractivity contribution in [3.05, 3.63) is 70.4 Å². The van der Waals surface area contributed by atoms with Crippen molar-refractivity contribution < 1.29 is 14.6 Å². The van der Waals surface area contributed by atoms with E-state index in [-0.39, 0.29) is 0 Å². The lowest BCUT2D eigenvalue weighted by Crippen LogP contribution is -2.29. The van der Waals surface area contributed by atoms with Gasteiger partial charge in [0.15, 0.2) is 6.10 Å². The van der Waals surface area contributed by atoms with Gasteiger partial charge in [-0.2, -0.15) is 5.10 Å². The van der Waals surface area contributed by atoms with Gasteiger partial charge < -0.3 is 14.7 Å². The second-order valence-electron chi connectivity index (χ2n) is 12.6. The predicted octanol–water partition coefficient (Wildman–Crippen LogP) is 8.23. The molecular formula is C34H37ClN4O3S. The molecule has 1 fully saturated rings. The summed E-state index contributed by atoms with van der Waals surface area (Å²) in [5, 5.41) is 18.0. The van der Waals surface area contributed by atoms with Gasteiger partial charge in [0.2, 0.25) is 0 Å². The molecule has 43 heavy (non-hydrogen) atoms. The van der Waals surface area contributed by atoms with Crippen LogP contribution in [0, 0.1) is 6.92 Å². The van der Waals surface area contributed by atoms with Gasteiger partial charge in [-0.05, 0) is 96.1 Å². The second-order valence-corrected chi connectivity index (χ2v) is 14.1. The Labute approximate surface area is 261 Å². The zero-order valence-corrected chi connectivity index (χ0v) is 27.0. The fourth-order valence-corrected chi connectivity index (χ4v) is 7.41. The van der Waals surface area contributed by atoms with E-state index in [1.54, 1.807) is 11.3 Å². The molecule has 0 amide bonds. The maximum atomic E-state index is 12.7. The number of halogens is 1. The van der Waals surface area contributed by atoms with E-state index in [0.717, 1.165) is 68.9 Å². The number of rotatable bonds is 6. The molecule has 7 nitrogen and oxygen atoms in total. The number of hydrogen-bond acceptors (Lipinski definition) is 6. The second kappa shape index (κ2) is 11.3. The molecule has 1 N–H and O–H groups in total. The molecule has 0 radical (unpaired) electrons. The van der Waals surface area contributed by atoms with Crippen molar-refractivity contribution in [3.8, 4) is 21.7 Å². The van der Waals surface area contributed by atoms with Crippen LogP contribution in [0.5, 0.6) is 0 Å². The number of carboxylic acid groups (broad SMARTS) is 1. The van der Waals surface area contributed by atoms with E-state index in [9.17, 15) is 9.90 Å². The van der Waals surface area contributed by atoms with E-state index < -0.39 is 17.7 Å². The molecule has 1 atom stereocenters. The fraction of sp³-hybridized carbons (Fsp3) is 0.382. The molecule has 1 unspecified atom stereocenters. The summed E-state index contributed by atoms with van der Waals surface area (Å²) in [6.07, 6.45) is 1.09. The Kier molecular flexibility index (Phi) is 7.84. The van der Waals surface area contributed by atoms with Crippen LogP contribution in [0.25, 0.3) is 42.8 Å². The first-order valence-electron chi connectivity index (χ1n) is 14.7. The molecule has 9 heteroatoms. The number of carbonyl (C=O) groups is 1. The van der Waals surface area contributed by atoms with Crippen molar-refractivity contribution in [2.75, 3.05) is 20.1 Å². The minimum atomic E-state index is -1.15. The van der Waals surface area contributed by atoms with Crippen molar-refractivity contribution in [2.45, 2.75) is 58.2 Å². The summed E-state index contributed by atoms with van der Waals surface area (Å²) in [5.41, 5.74) is 6.58. The van der Waals surface area contributed by atoms with E-state index in [0.29, 0.717) is 16.5 Å². The van der Waals surface area contributed by atoms with Gasteiger partial charge in [0.1, 0.15) is 5.01 Å². The molecular weight excluding hydrogens is 580 g/mol. The lowest BCUT2D eigenvalue weighted by atomic mass is 9.91. The van der Waals surface area contributed by atoms with Crippen molar-refractivity contribution >= 4 is 50.0 Å². The molecule has 1 aliphatic rings. The van der Waals surface area contributed by atoms with Crippen molar-refractivity contribution in [2.24, 2.45) is 7.05 Å².